The number of hydrogen-bond acceptors (Lipinski definition) is 12. The highest BCUT2D eigenvalue weighted by Crippen LogP contribution is 2.68. The number of nitrogens with zero attached hydrogens (tertiary/aromatic N) is 8. The van der Waals surface area contributed by atoms with Gasteiger partial charge in [0.25, 0.3) is 0 Å². The quantitative estimate of drug-likeness (QED) is 0.0992. The first kappa shape index (κ1) is 73.5. The van der Waals surface area contributed by atoms with Crippen LogP contribution in [0.2, 0.25) is 0 Å². The second kappa shape index (κ2) is 27.9. The van der Waals surface area contributed by atoms with E-state index < -0.39 is 51.7 Å². The molecule has 3 aromatic carbocycles. The van der Waals surface area contributed by atoms with Gasteiger partial charge < -0.3 is 15.3 Å². The fourth-order valence-electron chi connectivity index (χ4n) is 26.5. The van der Waals surface area contributed by atoms with Gasteiger partial charge in [-0.25, -0.2) is 31.0 Å². The summed E-state index contributed by atoms with van der Waals surface area (Å²) in [5.41, 5.74) is 1.11. The number of fused-ring (bicyclic) bond motifs is 18. The van der Waals surface area contributed by atoms with E-state index in [1.807, 2.05) is 20.8 Å². The van der Waals surface area contributed by atoms with Crippen molar-refractivity contribution in [2.45, 2.75) is 251 Å². The van der Waals surface area contributed by atoms with Gasteiger partial charge in [-0.3, -0.25) is 14.4 Å². The van der Waals surface area contributed by atoms with Gasteiger partial charge in [-0.1, -0.05) is 41.9 Å². The van der Waals surface area contributed by atoms with Crippen LogP contribution in [-0.2, 0) is 34.0 Å². The van der Waals surface area contributed by atoms with E-state index >= 15 is 0 Å². The zero-order valence-electron chi connectivity index (χ0n) is 61.1. The van der Waals surface area contributed by atoms with Crippen molar-refractivity contribution in [2.75, 3.05) is 5.33 Å². The van der Waals surface area contributed by atoms with Crippen LogP contribution in [0.15, 0.2) is 46.6 Å². The first-order valence-corrected chi connectivity index (χ1v) is 40.6. The van der Waals surface area contributed by atoms with E-state index in [1.54, 1.807) is 0 Å². The van der Waals surface area contributed by atoms with Crippen molar-refractivity contribution < 1.29 is 56.0 Å². The zero-order chi connectivity index (χ0) is 72.6. The molecule has 103 heavy (non-hydrogen) atoms. The molecule has 0 unspecified atom stereocenters. The highest BCUT2D eigenvalue weighted by molar-refractivity contribution is 9.09. The van der Waals surface area contributed by atoms with Crippen molar-refractivity contribution in [1.82, 2.24) is 30.0 Å². The number of alkyl halides is 1. The Hall–Kier alpha value is -4.99. The Bertz CT molecular complexity index is 4040. The van der Waals surface area contributed by atoms with E-state index in [9.17, 15) is 56.0 Å². The van der Waals surface area contributed by atoms with E-state index in [2.05, 4.69) is 67.4 Å². The van der Waals surface area contributed by atoms with Crippen LogP contribution < -0.4 is 0 Å². The molecule has 3 heterocycles. The van der Waals surface area contributed by atoms with Gasteiger partial charge in [0.1, 0.15) is 35.4 Å². The third-order valence-corrected chi connectivity index (χ3v) is 31.7. The topological polar surface area (TPSA) is 198 Å². The number of hydrogen-bond donors (Lipinski definition) is 3. The molecule has 12 saturated carbocycles. The average molecular weight is 1490 g/mol. The molecule has 12 aliphatic carbocycles. The Morgan fingerprint density at radius 2 is 0.816 bits per heavy atom. The minimum absolute atomic E-state index is 0.00100. The summed E-state index contributed by atoms with van der Waals surface area (Å²) in [6, 6.07) is 6.38. The van der Waals surface area contributed by atoms with E-state index in [-0.39, 0.29) is 69.3 Å². The molecule has 13 aliphatic rings. The van der Waals surface area contributed by atoms with Crippen LogP contribution in [-0.4, -0.2) is 84.8 Å². The number of aliphatic hydroxyl groups is 3. The molecule has 21 heteroatoms. The highest BCUT2D eigenvalue weighted by Gasteiger charge is 2.62. The van der Waals surface area contributed by atoms with Crippen molar-refractivity contribution in [3.63, 3.8) is 0 Å². The second-order valence-electron chi connectivity index (χ2n) is 36.9. The number of Topliss-reactive ketones (excluding diaryl/α,β-unsaturated/α-hetero) is 3. The molecule has 0 bridgehead atoms. The second-order valence-corrected chi connectivity index (χ2v) is 37.4. The molecule has 1 aliphatic heterocycles. The maximum atomic E-state index is 13.8. The maximum Gasteiger partial charge on any atom is 0.161 e. The Morgan fingerprint density at radius 1 is 0.437 bits per heavy atom. The molecule has 560 valence electrons. The molecule has 0 amide bonds. The van der Waals surface area contributed by atoms with Gasteiger partial charge in [0.2, 0.25) is 0 Å². The predicted molar refractivity (Wildman–Crippen MR) is 382 cm³/mol. The van der Waals surface area contributed by atoms with Crippen molar-refractivity contribution in [1.29, 1.82) is 0 Å². The van der Waals surface area contributed by atoms with E-state index in [0.717, 1.165) is 186 Å². The summed E-state index contributed by atoms with van der Waals surface area (Å²) in [4.78, 5) is 40.8. The molecule has 2 aromatic heterocycles. The minimum atomic E-state index is -0.954. The fraction of sp³-hybridized carbons (Fsp3) is 0.744. The lowest BCUT2D eigenvalue weighted by atomic mass is 9.49. The van der Waals surface area contributed by atoms with Gasteiger partial charge in [-0.05, 0) is 305 Å². The normalized spacial score (nSPS) is 41.5. The SMILES string of the molecule is C[C@@]1(O)CC[C@H]2[C@H](CC[C@@H]3[C@@H]2CC[C@]2(C)[C@@H](C(=O)CBr)CC[C@@H]32)C1.C[C@@]1(O)CC[C@H]2[C@H](CC[C@@H]3[C@@H]2CC[C@]2(C)[C@@H](C(=O)Cn4nc5cc(F)c(F)cc5n4)CC[C@@H]32)C1.C[C@@]1(O)CC[C@H]2[C@H](CC[C@@H]3[C@@H]2CC[C@]2(C)[C@@H](C(=O)Cn4nnc5cc(F)c(F)cc54)CC[C@@H]32)C1.Fc1cc2c(cc1F)N=NC2. The first-order valence-electron chi connectivity index (χ1n) is 39.5. The molecule has 12 fully saturated rings. The van der Waals surface area contributed by atoms with Gasteiger partial charge >= 0.3 is 0 Å². The molecule has 14 nitrogen and oxygen atoms in total. The maximum absolute atomic E-state index is 13.8. The standard InChI is InChI=1S/2C27H35F2N3O2.C21H33BrO2.C7H4F2N2/c1-26(34)9-7-16-15(13-26)3-4-18-17(16)8-10-27(2)19(18)5-6-20(27)25(33)14-32-24-12-22(29)21(28)11-23(24)30-31-32;1-26(34)9-7-16-15(13-26)3-4-18-17(16)8-10-27(2)19(18)5-6-20(27)25(33)14-32-30-23-11-21(28)22(29)12-24(23)31-32;1-20(24)9-7-14-13(11-20)3-4-16-15(14)8-10-21(2)17(16)5-6-18(21)19(23)12-22;8-5-1-4-3-10-11-7(4)2-6(5)9/h2*11-12,15-20,34H,3-10,13-14H2,1-2H3;13-18,24H,3-12H2,1-2H3;1-2H,3H2/t2*15-,16+,17-,18-,19+,20-,26-,27+;13-,14+,15-,16-,17+,18-,20-,21+;/m111./s1. The smallest absolute Gasteiger partial charge is 0.161 e. The molecule has 5 aromatic rings. The lowest BCUT2D eigenvalue weighted by molar-refractivity contribution is -0.133. The van der Waals surface area contributed by atoms with Gasteiger partial charge in [-0.15, -0.1) is 5.10 Å². The summed E-state index contributed by atoms with van der Waals surface area (Å²) >= 11 is 3.42. The Kier molecular flexibility index (Phi) is 19.9. The summed E-state index contributed by atoms with van der Waals surface area (Å²) in [5, 5.41) is 55.9. The van der Waals surface area contributed by atoms with Crippen LogP contribution in [0.3, 0.4) is 0 Å². The molecule has 0 saturated heterocycles. The number of carbonyl (C=O) groups excluding carboxylic acids is 3. The summed E-state index contributed by atoms with van der Waals surface area (Å²) in [7, 11) is 0. The van der Waals surface area contributed by atoms with Gasteiger partial charge in [0.05, 0.1) is 39.9 Å². The third-order valence-electron chi connectivity index (χ3n) is 31.2. The number of azo groups is 1. The summed E-state index contributed by atoms with van der Waals surface area (Å²) < 4.78 is 80.9. The number of halogens is 7. The van der Waals surface area contributed by atoms with Crippen molar-refractivity contribution in [3.05, 3.63) is 76.9 Å². The highest BCUT2D eigenvalue weighted by atomic mass is 79.9. The van der Waals surface area contributed by atoms with Crippen LogP contribution in [0.25, 0.3) is 22.1 Å². The van der Waals surface area contributed by atoms with Crippen LogP contribution >= 0.6 is 15.9 Å². The largest absolute Gasteiger partial charge is 0.390 e. The van der Waals surface area contributed by atoms with Gasteiger partial charge in [0.15, 0.2) is 46.5 Å². The predicted octanol–water partition coefficient (Wildman–Crippen LogP) is 18.1. The molecule has 3 N–H and O–H groups in total. The molecule has 18 rings (SSSR count). The number of ketones is 3. The summed E-state index contributed by atoms with van der Waals surface area (Å²) in [6.45, 7) is 13.6. The lowest BCUT2D eigenvalue weighted by Crippen LogP contribution is -2.51. The molecule has 24 atom stereocenters. The van der Waals surface area contributed by atoms with Crippen LogP contribution in [0, 0.1) is 158 Å². The number of rotatable bonds is 8. The molecular weight excluding hydrogens is 1390 g/mol. The van der Waals surface area contributed by atoms with Crippen molar-refractivity contribution >= 4 is 61.0 Å². The summed E-state index contributed by atoms with van der Waals surface area (Å²) in [6.07, 6.45) is 30.3. The minimum Gasteiger partial charge on any atom is -0.390 e. The van der Waals surface area contributed by atoms with Crippen molar-refractivity contribution in [3.8, 4) is 0 Å². The number of aromatic nitrogens is 6. The van der Waals surface area contributed by atoms with E-state index in [4.69, 9.17) is 0 Å². The van der Waals surface area contributed by atoms with Crippen LogP contribution in [0.4, 0.5) is 32.0 Å². The number of benzene rings is 3. The Balaban J connectivity index is 0.000000117. The molecule has 0 radical (unpaired) electrons. The third kappa shape index (κ3) is 13.7. The van der Waals surface area contributed by atoms with Crippen molar-refractivity contribution in [2.24, 2.45) is 133 Å². The van der Waals surface area contributed by atoms with Gasteiger partial charge in [-0.2, -0.15) is 25.2 Å². The van der Waals surface area contributed by atoms with Crippen LogP contribution in [0.1, 0.15) is 220 Å². The molecular formula is C82H107BrF6N8O6. The Labute approximate surface area is 610 Å². The average Bonchev–Trinajstić information content (AvgIpc) is 1.65. The zero-order valence-corrected chi connectivity index (χ0v) is 62.7. The number of carbonyl (C=O) groups is 3. The monoisotopic (exact) mass is 1490 g/mol. The summed E-state index contributed by atoms with van der Waals surface area (Å²) in [5.74, 6) is 6.35. The van der Waals surface area contributed by atoms with E-state index in [1.165, 1.54) is 86.5 Å². The van der Waals surface area contributed by atoms with Crippen LogP contribution in [0.5, 0.6) is 0 Å². The first-order chi connectivity index (χ1) is 48.9. The Morgan fingerprint density at radius 3 is 1.25 bits per heavy atom. The molecule has 0 spiro atoms. The van der Waals surface area contributed by atoms with Gasteiger partial charge in [0, 0.05) is 53.6 Å². The lowest BCUT2D eigenvalue weighted by Gasteiger charge is -2.56. The van der Waals surface area contributed by atoms with E-state index in [0.29, 0.717) is 75.9 Å². The fourth-order valence-corrected chi connectivity index (χ4v) is 26.9.